The highest BCUT2D eigenvalue weighted by molar-refractivity contribution is 7.16. The summed E-state index contributed by atoms with van der Waals surface area (Å²) in [7, 11) is 0. The van der Waals surface area contributed by atoms with Crippen LogP contribution in [0, 0.1) is 5.92 Å². The Bertz CT molecular complexity index is 1490. The van der Waals surface area contributed by atoms with Crippen LogP contribution in [0.2, 0.25) is 0 Å². The molecule has 0 radical (unpaired) electrons. The van der Waals surface area contributed by atoms with Crippen LogP contribution in [-0.2, 0) is 16.0 Å². The summed E-state index contributed by atoms with van der Waals surface area (Å²) in [6, 6.07) is 17.0. The molecule has 3 amide bonds. The number of nitrogens with one attached hydrogen (secondary N) is 3. The molecule has 0 fully saturated rings. The van der Waals surface area contributed by atoms with E-state index in [1.165, 1.54) is 11.3 Å². The van der Waals surface area contributed by atoms with Gasteiger partial charge in [0.05, 0.1) is 40.0 Å². The van der Waals surface area contributed by atoms with E-state index in [2.05, 4.69) is 25.9 Å². The van der Waals surface area contributed by atoms with Crippen molar-refractivity contribution in [1.29, 1.82) is 0 Å². The first-order valence-corrected chi connectivity index (χ1v) is 14.5. The second-order valence-electron chi connectivity index (χ2n) is 10.5. The molecular formula is C31H35N5O4S. The number of rotatable bonds is 12. The maximum absolute atomic E-state index is 13.1. The molecule has 3 atom stereocenters. The highest BCUT2D eigenvalue weighted by Crippen LogP contribution is 2.20. The lowest BCUT2D eigenvalue weighted by Crippen LogP contribution is -2.53. The van der Waals surface area contributed by atoms with Gasteiger partial charge in [0.25, 0.3) is 5.91 Å². The van der Waals surface area contributed by atoms with E-state index in [1.807, 2.05) is 56.3 Å². The van der Waals surface area contributed by atoms with E-state index >= 15 is 0 Å². The van der Waals surface area contributed by atoms with Gasteiger partial charge in [0.1, 0.15) is 6.04 Å². The summed E-state index contributed by atoms with van der Waals surface area (Å²) in [6.45, 7) is 5.57. The summed E-state index contributed by atoms with van der Waals surface area (Å²) in [5, 5.41) is 19.0. The number of carbonyl (C=O) groups excluding carboxylic acids is 3. The van der Waals surface area contributed by atoms with Gasteiger partial charge in [-0.05, 0) is 61.2 Å². The van der Waals surface area contributed by atoms with Gasteiger partial charge in [-0.3, -0.25) is 19.4 Å². The average Bonchev–Trinajstić information content (AvgIpc) is 3.44. The van der Waals surface area contributed by atoms with Crippen LogP contribution >= 0.6 is 11.3 Å². The number of pyridine rings is 1. The lowest BCUT2D eigenvalue weighted by molar-refractivity contribution is -0.124. The van der Waals surface area contributed by atoms with Crippen LogP contribution in [0.1, 0.15) is 43.1 Å². The molecule has 0 spiro atoms. The molecule has 0 bridgehead atoms. The van der Waals surface area contributed by atoms with Crippen LogP contribution < -0.4 is 16.0 Å². The molecule has 0 saturated heterocycles. The normalized spacial score (nSPS) is 13.4. The van der Waals surface area contributed by atoms with E-state index in [-0.39, 0.29) is 30.7 Å². The van der Waals surface area contributed by atoms with E-state index in [0.29, 0.717) is 12.0 Å². The van der Waals surface area contributed by atoms with E-state index in [4.69, 9.17) is 0 Å². The maximum Gasteiger partial charge on any atom is 0.251 e. The minimum Gasteiger partial charge on any atom is -0.389 e. The van der Waals surface area contributed by atoms with Crippen LogP contribution in [0.4, 0.5) is 0 Å². The van der Waals surface area contributed by atoms with Gasteiger partial charge in [-0.15, -0.1) is 11.3 Å². The number of hydrogen-bond donors (Lipinski definition) is 4. The monoisotopic (exact) mass is 573 g/mol. The lowest BCUT2D eigenvalue weighted by atomic mass is 10.0. The van der Waals surface area contributed by atoms with Gasteiger partial charge < -0.3 is 21.1 Å². The predicted molar refractivity (Wildman–Crippen MR) is 160 cm³/mol. The molecule has 41 heavy (non-hydrogen) atoms. The van der Waals surface area contributed by atoms with Gasteiger partial charge in [0.15, 0.2) is 0 Å². The molecule has 2 aromatic carbocycles. The Kier molecular flexibility index (Phi) is 10.2. The zero-order valence-corrected chi connectivity index (χ0v) is 24.2. The standard InChI is InChI=1S/C31H35N5O4S/c1-19(2)13-26(36-30(39)23-10-11-25-28(16-23)41-18-34-25)31(40)35-20(3)27(37)17-33-29(38)15-21-7-6-8-22(14-21)24-9-4-5-12-32-24/h4-12,14,16,18-20,26-27,37H,13,15,17H2,1-3H3,(H,33,38)(H,35,40)(H,36,39)/t20-,26-,27?/m0/s1. The molecule has 0 aliphatic rings. The Balaban J connectivity index is 1.29. The molecule has 4 N–H and O–H groups in total. The molecule has 0 aliphatic heterocycles. The summed E-state index contributed by atoms with van der Waals surface area (Å²) in [4.78, 5) is 47.2. The SMILES string of the molecule is CC(C)C[C@H](NC(=O)c1ccc2ncsc2c1)C(=O)N[C@@H](C)C(O)CNC(=O)Cc1cccc(-c2ccccn2)c1. The highest BCUT2D eigenvalue weighted by Gasteiger charge is 2.26. The predicted octanol–water partition coefficient (Wildman–Crippen LogP) is 3.73. The van der Waals surface area contributed by atoms with Crippen LogP contribution in [0.25, 0.3) is 21.5 Å². The number of nitrogens with zero attached hydrogens (tertiary/aromatic N) is 2. The van der Waals surface area contributed by atoms with E-state index in [9.17, 15) is 19.5 Å². The van der Waals surface area contributed by atoms with Crippen molar-refractivity contribution in [2.45, 2.75) is 51.8 Å². The van der Waals surface area contributed by atoms with Crippen molar-refractivity contribution in [1.82, 2.24) is 25.9 Å². The Hall–Kier alpha value is -4.15. The Morgan fingerprint density at radius 1 is 0.951 bits per heavy atom. The molecule has 4 aromatic rings. The molecule has 10 heteroatoms. The van der Waals surface area contributed by atoms with Gasteiger partial charge in [0, 0.05) is 23.9 Å². The van der Waals surface area contributed by atoms with Gasteiger partial charge >= 0.3 is 0 Å². The quantitative estimate of drug-likeness (QED) is 0.204. The summed E-state index contributed by atoms with van der Waals surface area (Å²) in [5.74, 6) is -0.849. The van der Waals surface area contributed by atoms with E-state index in [0.717, 1.165) is 27.0 Å². The van der Waals surface area contributed by atoms with Crippen molar-refractivity contribution in [3.63, 3.8) is 0 Å². The van der Waals surface area contributed by atoms with Gasteiger partial charge in [-0.1, -0.05) is 38.1 Å². The highest BCUT2D eigenvalue weighted by atomic mass is 32.1. The second-order valence-corrected chi connectivity index (χ2v) is 11.3. The van der Waals surface area contributed by atoms with Crippen LogP contribution in [0.5, 0.6) is 0 Å². The molecular weight excluding hydrogens is 538 g/mol. The molecule has 4 rings (SSSR count). The van der Waals surface area contributed by atoms with Gasteiger partial charge in [-0.25, -0.2) is 4.98 Å². The summed E-state index contributed by atoms with van der Waals surface area (Å²) in [6.07, 6.45) is 1.27. The molecule has 1 unspecified atom stereocenters. The number of hydrogen-bond acceptors (Lipinski definition) is 7. The van der Waals surface area contributed by atoms with Crippen molar-refractivity contribution < 1.29 is 19.5 Å². The molecule has 2 aromatic heterocycles. The average molecular weight is 574 g/mol. The third-order valence-corrected chi connectivity index (χ3v) is 7.42. The number of aliphatic hydroxyl groups is 1. The fraction of sp³-hybridized carbons (Fsp3) is 0.323. The van der Waals surface area contributed by atoms with Crippen LogP contribution in [-0.4, -0.2) is 57.5 Å². The van der Waals surface area contributed by atoms with Crippen molar-refractivity contribution in [2.24, 2.45) is 5.92 Å². The number of carbonyl (C=O) groups is 3. The first-order chi connectivity index (χ1) is 19.7. The maximum atomic E-state index is 13.1. The topological polar surface area (TPSA) is 133 Å². The second kappa shape index (κ2) is 14.0. The van der Waals surface area contributed by atoms with Gasteiger partial charge in [-0.2, -0.15) is 0 Å². The van der Waals surface area contributed by atoms with E-state index < -0.39 is 24.1 Å². The molecule has 9 nitrogen and oxygen atoms in total. The molecule has 214 valence electrons. The number of fused-ring (bicyclic) bond motifs is 1. The summed E-state index contributed by atoms with van der Waals surface area (Å²) >= 11 is 1.44. The number of benzene rings is 2. The number of aliphatic hydroxyl groups excluding tert-OH is 1. The van der Waals surface area contributed by atoms with Crippen molar-refractivity contribution in [3.8, 4) is 11.3 Å². The third-order valence-electron chi connectivity index (χ3n) is 6.63. The number of aromatic nitrogens is 2. The molecule has 0 saturated carbocycles. The van der Waals surface area contributed by atoms with Crippen LogP contribution in [0.15, 0.2) is 72.4 Å². The van der Waals surface area contributed by atoms with Crippen molar-refractivity contribution in [2.75, 3.05) is 6.54 Å². The van der Waals surface area contributed by atoms with E-state index in [1.54, 1.807) is 36.8 Å². The van der Waals surface area contributed by atoms with Gasteiger partial charge in [0.2, 0.25) is 11.8 Å². The third kappa shape index (κ3) is 8.42. The lowest BCUT2D eigenvalue weighted by Gasteiger charge is -2.25. The number of thiazole rings is 1. The molecule has 0 aliphatic carbocycles. The molecule has 2 heterocycles. The zero-order valence-electron chi connectivity index (χ0n) is 23.3. The Labute approximate surface area is 243 Å². The Morgan fingerprint density at radius 3 is 2.54 bits per heavy atom. The fourth-order valence-electron chi connectivity index (χ4n) is 4.38. The minimum atomic E-state index is -1.02. The Morgan fingerprint density at radius 2 is 1.78 bits per heavy atom. The summed E-state index contributed by atoms with van der Waals surface area (Å²) < 4.78 is 0.891. The smallest absolute Gasteiger partial charge is 0.251 e. The first-order valence-electron chi connectivity index (χ1n) is 13.6. The van der Waals surface area contributed by atoms with Crippen molar-refractivity contribution >= 4 is 39.3 Å². The zero-order chi connectivity index (χ0) is 29.4. The number of amides is 3. The minimum absolute atomic E-state index is 0.0315. The first kappa shape index (κ1) is 29.8. The fourth-order valence-corrected chi connectivity index (χ4v) is 5.10. The largest absolute Gasteiger partial charge is 0.389 e. The van der Waals surface area contributed by atoms with Crippen molar-refractivity contribution in [3.05, 3.63) is 83.5 Å². The van der Waals surface area contributed by atoms with Crippen LogP contribution in [0.3, 0.4) is 0 Å². The summed E-state index contributed by atoms with van der Waals surface area (Å²) in [5.41, 5.74) is 5.54.